The fourth-order valence-corrected chi connectivity index (χ4v) is 3.66. The van der Waals surface area contributed by atoms with E-state index in [0.717, 1.165) is 11.1 Å². The largest absolute Gasteiger partial charge is 0.387 e. The van der Waals surface area contributed by atoms with Crippen molar-refractivity contribution in [2.24, 2.45) is 0 Å². The van der Waals surface area contributed by atoms with Crippen LogP contribution in [-0.2, 0) is 23.7 Å². The van der Waals surface area contributed by atoms with E-state index in [-0.39, 0.29) is 0 Å². The smallest absolute Gasteiger partial charge is 0.190 e. The molecule has 3 aliphatic rings. The van der Waals surface area contributed by atoms with Crippen molar-refractivity contribution in [1.29, 1.82) is 0 Å². The molecule has 26 heavy (non-hydrogen) atoms. The van der Waals surface area contributed by atoms with Gasteiger partial charge in [-0.1, -0.05) is 60.7 Å². The molecule has 3 saturated heterocycles. The molecule has 0 aromatic heterocycles. The van der Waals surface area contributed by atoms with Gasteiger partial charge in [0.05, 0.1) is 6.61 Å². The average molecular weight is 356 g/mol. The highest BCUT2D eigenvalue weighted by Gasteiger charge is 2.54. The van der Waals surface area contributed by atoms with Crippen molar-refractivity contribution >= 4 is 0 Å². The van der Waals surface area contributed by atoms with Crippen LogP contribution >= 0.6 is 0 Å². The Labute approximate surface area is 151 Å². The Morgan fingerprint density at radius 3 is 2.00 bits per heavy atom. The van der Waals surface area contributed by atoms with E-state index in [1.807, 2.05) is 60.7 Å². The molecule has 2 aromatic rings. The molecule has 0 unspecified atom stereocenters. The van der Waals surface area contributed by atoms with Crippen LogP contribution in [0.5, 0.6) is 0 Å². The van der Waals surface area contributed by atoms with Gasteiger partial charge in [0.1, 0.15) is 24.4 Å². The maximum Gasteiger partial charge on any atom is 0.190 e. The Kier molecular flexibility index (Phi) is 4.24. The van der Waals surface area contributed by atoms with Crippen LogP contribution in [0.3, 0.4) is 0 Å². The number of rotatable bonds is 2. The summed E-state index contributed by atoms with van der Waals surface area (Å²) in [5.74, 6) is 0. The van der Waals surface area contributed by atoms with Crippen LogP contribution in [0.1, 0.15) is 23.7 Å². The molecule has 6 nitrogen and oxygen atoms in total. The van der Waals surface area contributed by atoms with Gasteiger partial charge < -0.3 is 28.8 Å². The lowest BCUT2D eigenvalue weighted by Crippen LogP contribution is -2.60. The third-order valence-corrected chi connectivity index (χ3v) is 4.99. The highest BCUT2D eigenvalue weighted by Crippen LogP contribution is 2.41. The number of hydrogen-bond donors (Lipinski definition) is 1. The summed E-state index contributed by atoms with van der Waals surface area (Å²) in [6.07, 6.45) is -4.13. The molecular weight excluding hydrogens is 336 g/mol. The minimum Gasteiger partial charge on any atom is -0.387 e. The van der Waals surface area contributed by atoms with Crippen LogP contribution < -0.4 is 0 Å². The van der Waals surface area contributed by atoms with Crippen LogP contribution in [-0.4, -0.2) is 42.4 Å². The molecule has 0 radical (unpaired) electrons. The monoisotopic (exact) mass is 356 g/mol. The van der Waals surface area contributed by atoms with Crippen LogP contribution in [0.15, 0.2) is 60.7 Å². The summed E-state index contributed by atoms with van der Waals surface area (Å²) in [5.41, 5.74) is 1.80. The van der Waals surface area contributed by atoms with Crippen molar-refractivity contribution in [3.63, 3.8) is 0 Å². The average Bonchev–Trinajstić information content (AvgIpc) is 3.14. The van der Waals surface area contributed by atoms with Gasteiger partial charge in [0.25, 0.3) is 0 Å². The van der Waals surface area contributed by atoms with Gasteiger partial charge in [0.2, 0.25) is 0 Å². The Hall–Kier alpha value is -1.80. The van der Waals surface area contributed by atoms with E-state index < -0.39 is 43.3 Å². The standard InChI is InChI=1S/C20H20O6/c21-15-16-14(11-22-18(24-16)12-7-3-1-4-8-12)23-20-17(15)25-19(26-20)13-9-5-2-6-10-13/h1-10,14-21H,11H2/t14-,15+,16+,17-,18+,19-,20+/m0/s1. The molecule has 136 valence electrons. The van der Waals surface area contributed by atoms with E-state index in [0.29, 0.717) is 6.61 Å². The topological polar surface area (TPSA) is 66.4 Å². The van der Waals surface area contributed by atoms with Crippen molar-refractivity contribution < 1.29 is 28.8 Å². The molecule has 2 aromatic carbocycles. The van der Waals surface area contributed by atoms with Crippen molar-refractivity contribution in [2.45, 2.75) is 43.3 Å². The molecule has 0 amide bonds. The summed E-state index contributed by atoms with van der Waals surface area (Å²) in [4.78, 5) is 0. The second-order valence-corrected chi connectivity index (χ2v) is 6.69. The van der Waals surface area contributed by atoms with Crippen LogP contribution in [0.2, 0.25) is 0 Å². The zero-order valence-electron chi connectivity index (χ0n) is 14.0. The summed E-state index contributed by atoms with van der Waals surface area (Å²) in [5, 5.41) is 10.8. The van der Waals surface area contributed by atoms with Crippen LogP contribution in [0.4, 0.5) is 0 Å². The van der Waals surface area contributed by atoms with Crippen LogP contribution in [0.25, 0.3) is 0 Å². The van der Waals surface area contributed by atoms with Crippen molar-refractivity contribution in [3.05, 3.63) is 71.8 Å². The van der Waals surface area contributed by atoms with Gasteiger partial charge in [-0.15, -0.1) is 0 Å². The number of aliphatic hydroxyl groups is 1. The highest BCUT2D eigenvalue weighted by atomic mass is 16.8. The van der Waals surface area contributed by atoms with Gasteiger partial charge in [-0.3, -0.25) is 0 Å². The molecular formula is C20H20O6. The molecule has 1 N–H and O–H groups in total. The number of benzene rings is 2. The lowest BCUT2D eigenvalue weighted by atomic mass is 9.98. The maximum absolute atomic E-state index is 10.8. The minimum atomic E-state index is -0.859. The lowest BCUT2D eigenvalue weighted by Gasteiger charge is -2.44. The molecule has 0 spiro atoms. The molecule has 5 rings (SSSR count). The van der Waals surface area contributed by atoms with Gasteiger partial charge in [-0.2, -0.15) is 0 Å². The summed E-state index contributed by atoms with van der Waals surface area (Å²) in [6, 6.07) is 19.3. The van der Waals surface area contributed by atoms with E-state index in [4.69, 9.17) is 23.7 Å². The predicted molar refractivity (Wildman–Crippen MR) is 89.8 cm³/mol. The van der Waals surface area contributed by atoms with E-state index >= 15 is 0 Å². The van der Waals surface area contributed by atoms with Crippen molar-refractivity contribution in [2.75, 3.05) is 6.61 Å². The third kappa shape index (κ3) is 2.85. The lowest BCUT2D eigenvalue weighted by molar-refractivity contribution is -0.338. The number of fused-ring (bicyclic) bond motifs is 2. The number of hydrogen-bond acceptors (Lipinski definition) is 6. The fourth-order valence-electron chi connectivity index (χ4n) is 3.66. The van der Waals surface area contributed by atoms with Crippen molar-refractivity contribution in [3.8, 4) is 0 Å². The van der Waals surface area contributed by atoms with Gasteiger partial charge in [0.15, 0.2) is 18.9 Å². The molecule has 6 heteroatoms. The molecule has 0 aliphatic carbocycles. The maximum atomic E-state index is 10.8. The van der Waals surface area contributed by atoms with E-state index in [1.54, 1.807) is 0 Å². The highest BCUT2D eigenvalue weighted by molar-refractivity contribution is 5.18. The van der Waals surface area contributed by atoms with E-state index in [9.17, 15) is 5.11 Å². The Morgan fingerprint density at radius 2 is 1.31 bits per heavy atom. The second-order valence-electron chi connectivity index (χ2n) is 6.69. The summed E-state index contributed by atoms with van der Waals surface area (Å²) >= 11 is 0. The zero-order valence-corrected chi connectivity index (χ0v) is 14.0. The first-order chi connectivity index (χ1) is 12.8. The van der Waals surface area contributed by atoms with E-state index in [1.165, 1.54) is 0 Å². The molecule has 0 bridgehead atoms. The predicted octanol–water partition coefficient (Wildman–Crippen LogP) is 2.30. The minimum absolute atomic E-state index is 0.323. The Morgan fingerprint density at radius 1 is 0.692 bits per heavy atom. The first-order valence-electron chi connectivity index (χ1n) is 8.81. The number of ether oxygens (including phenoxy) is 5. The summed E-state index contributed by atoms with van der Waals surface area (Å²) in [7, 11) is 0. The molecule has 3 fully saturated rings. The van der Waals surface area contributed by atoms with Gasteiger partial charge >= 0.3 is 0 Å². The van der Waals surface area contributed by atoms with Gasteiger partial charge in [-0.25, -0.2) is 0 Å². The number of aliphatic hydroxyl groups excluding tert-OH is 1. The molecule has 0 saturated carbocycles. The quantitative estimate of drug-likeness (QED) is 0.891. The first-order valence-corrected chi connectivity index (χ1v) is 8.81. The van der Waals surface area contributed by atoms with Gasteiger partial charge in [-0.05, 0) is 0 Å². The third-order valence-electron chi connectivity index (χ3n) is 4.99. The Balaban J connectivity index is 1.33. The molecule has 3 aliphatic heterocycles. The summed E-state index contributed by atoms with van der Waals surface area (Å²) in [6.45, 7) is 0.323. The van der Waals surface area contributed by atoms with E-state index in [2.05, 4.69) is 0 Å². The molecule has 7 atom stereocenters. The SMILES string of the molecule is O[C@H]1[C@@H]2O[C@H](c3ccccc3)O[C@H]2O[C@H]2CO[C@@H](c3ccccc3)O[C@@H]12. The second kappa shape index (κ2) is 6.74. The summed E-state index contributed by atoms with van der Waals surface area (Å²) < 4.78 is 29.6. The normalized spacial score (nSPS) is 39.2. The van der Waals surface area contributed by atoms with Crippen molar-refractivity contribution in [1.82, 2.24) is 0 Å². The van der Waals surface area contributed by atoms with Crippen LogP contribution in [0, 0.1) is 0 Å². The first kappa shape index (κ1) is 16.4. The van der Waals surface area contributed by atoms with Gasteiger partial charge in [0, 0.05) is 11.1 Å². The fraction of sp³-hybridized carbons (Fsp3) is 0.400. The Bertz CT molecular complexity index is 701. The zero-order chi connectivity index (χ0) is 17.5. The molecule has 3 heterocycles.